The molecule has 1 atom stereocenters. The number of allylic oxidation sites excluding steroid dienone is 2. The summed E-state index contributed by atoms with van der Waals surface area (Å²) >= 11 is 0. The van der Waals surface area contributed by atoms with Crippen LogP contribution < -0.4 is 10.2 Å². The molecule has 6 heteroatoms. The Bertz CT molecular complexity index is 637. The van der Waals surface area contributed by atoms with Gasteiger partial charge in [0.15, 0.2) is 6.54 Å². The molecule has 2 aliphatic rings. The molecule has 25 heavy (non-hydrogen) atoms. The van der Waals surface area contributed by atoms with Crippen LogP contribution in [0.5, 0.6) is 0 Å². The molecule has 1 heterocycles. The first-order chi connectivity index (χ1) is 12.1. The first kappa shape index (κ1) is 17.6. The van der Waals surface area contributed by atoms with Gasteiger partial charge in [0.05, 0.1) is 26.2 Å². The summed E-state index contributed by atoms with van der Waals surface area (Å²) in [7, 11) is 0. The minimum absolute atomic E-state index is 0.0857. The van der Waals surface area contributed by atoms with Crippen LogP contribution in [0.4, 0.5) is 10.1 Å². The molecule has 0 unspecified atom stereocenters. The number of nitrogens with zero attached hydrogens (tertiary/aromatic N) is 1. The van der Waals surface area contributed by atoms with E-state index in [-0.39, 0.29) is 17.6 Å². The minimum Gasteiger partial charge on any atom is -0.331 e. The van der Waals surface area contributed by atoms with E-state index >= 15 is 0 Å². The first-order valence-electron chi connectivity index (χ1n) is 8.93. The van der Waals surface area contributed by atoms with E-state index in [9.17, 15) is 14.0 Å². The Morgan fingerprint density at radius 1 is 1.20 bits per heavy atom. The number of benzene rings is 1. The highest BCUT2D eigenvalue weighted by atomic mass is 19.1. The van der Waals surface area contributed by atoms with Crippen LogP contribution in [0.25, 0.3) is 0 Å². The lowest BCUT2D eigenvalue weighted by Gasteiger charge is -2.32. The van der Waals surface area contributed by atoms with Gasteiger partial charge in [0.1, 0.15) is 5.82 Å². The Morgan fingerprint density at radius 2 is 1.92 bits per heavy atom. The second-order valence-corrected chi connectivity index (χ2v) is 6.83. The molecule has 2 amide bonds. The molecule has 5 nitrogen and oxygen atoms in total. The van der Waals surface area contributed by atoms with Gasteiger partial charge < -0.3 is 15.1 Å². The zero-order valence-electron chi connectivity index (χ0n) is 14.3. The highest BCUT2D eigenvalue weighted by molar-refractivity contribution is 5.91. The Hall–Kier alpha value is -2.21. The van der Waals surface area contributed by atoms with Crippen LogP contribution in [0.2, 0.25) is 0 Å². The Kier molecular flexibility index (Phi) is 5.81. The van der Waals surface area contributed by atoms with Crippen LogP contribution in [-0.4, -0.2) is 49.4 Å². The summed E-state index contributed by atoms with van der Waals surface area (Å²) in [5, 5.41) is 2.78. The van der Waals surface area contributed by atoms with E-state index < -0.39 is 0 Å². The van der Waals surface area contributed by atoms with Crippen molar-refractivity contribution in [2.24, 2.45) is 5.92 Å². The molecule has 3 rings (SSSR count). The maximum absolute atomic E-state index is 12.9. The van der Waals surface area contributed by atoms with Crippen molar-refractivity contribution in [2.45, 2.75) is 19.3 Å². The van der Waals surface area contributed by atoms with Gasteiger partial charge in [-0.3, -0.25) is 9.59 Å². The number of carbonyl (C=O) groups is 2. The molecule has 0 spiro atoms. The van der Waals surface area contributed by atoms with Crippen molar-refractivity contribution in [1.29, 1.82) is 0 Å². The summed E-state index contributed by atoms with van der Waals surface area (Å²) in [5.74, 6) is 0.223. The van der Waals surface area contributed by atoms with Gasteiger partial charge in [-0.15, -0.1) is 0 Å². The molecule has 2 N–H and O–H groups in total. The predicted octanol–water partition coefficient (Wildman–Crippen LogP) is 0.848. The largest absolute Gasteiger partial charge is 0.331 e. The fourth-order valence-electron chi connectivity index (χ4n) is 3.43. The molecule has 1 aromatic rings. The highest BCUT2D eigenvalue weighted by Gasteiger charge is 2.26. The number of carbonyl (C=O) groups excluding carboxylic acids is 2. The normalized spacial score (nSPS) is 20.7. The first-order valence-corrected chi connectivity index (χ1v) is 8.93. The number of nitrogens with one attached hydrogen (secondary N) is 2. The highest BCUT2D eigenvalue weighted by Crippen LogP contribution is 2.21. The van der Waals surface area contributed by atoms with E-state index in [1.807, 2.05) is 4.90 Å². The van der Waals surface area contributed by atoms with Gasteiger partial charge in [0, 0.05) is 12.1 Å². The van der Waals surface area contributed by atoms with Gasteiger partial charge in [-0.25, -0.2) is 4.39 Å². The van der Waals surface area contributed by atoms with Gasteiger partial charge in [-0.05, 0) is 43.0 Å². The molecule has 1 aliphatic heterocycles. The molecule has 0 saturated carbocycles. The lowest BCUT2D eigenvalue weighted by atomic mass is 10.0. The van der Waals surface area contributed by atoms with Crippen LogP contribution in [-0.2, 0) is 9.59 Å². The number of amides is 2. The van der Waals surface area contributed by atoms with Crippen molar-refractivity contribution in [3.8, 4) is 0 Å². The van der Waals surface area contributed by atoms with Crippen molar-refractivity contribution < 1.29 is 18.9 Å². The average molecular weight is 346 g/mol. The number of halogens is 1. The van der Waals surface area contributed by atoms with Crippen LogP contribution in [0, 0.1) is 11.7 Å². The van der Waals surface area contributed by atoms with Gasteiger partial charge in [-0.1, -0.05) is 12.2 Å². The summed E-state index contributed by atoms with van der Waals surface area (Å²) in [6.07, 6.45) is 7.08. The fraction of sp³-hybridized carbons (Fsp3) is 0.474. The summed E-state index contributed by atoms with van der Waals surface area (Å²) in [5.41, 5.74) is 0.601. The van der Waals surface area contributed by atoms with Gasteiger partial charge in [0.25, 0.3) is 5.91 Å². The number of rotatable bonds is 5. The van der Waals surface area contributed by atoms with E-state index in [1.165, 1.54) is 17.0 Å². The summed E-state index contributed by atoms with van der Waals surface area (Å²) in [4.78, 5) is 27.5. The van der Waals surface area contributed by atoms with Gasteiger partial charge in [0.2, 0.25) is 5.91 Å². The molecule has 134 valence electrons. The van der Waals surface area contributed by atoms with Crippen molar-refractivity contribution in [1.82, 2.24) is 4.90 Å². The van der Waals surface area contributed by atoms with Crippen LogP contribution >= 0.6 is 0 Å². The summed E-state index contributed by atoms with van der Waals surface area (Å²) < 4.78 is 12.9. The molecule has 0 bridgehead atoms. The molecule has 1 fully saturated rings. The van der Waals surface area contributed by atoms with Crippen LogP contribution in [0.15, 0.2) is 36.4 Å². The lowest BCUT2D eigenvalue weighted by molar-refractivity contribution is -0.895. The molecule has 0 radical (unpaired) electrons. The third kappa shape index (κ3) is 5.13. The summed E-state index contributed by atoms with van der Waals surface area (Å²) in [6, 6.07) is 5.76. The number of hydrogen-bond acceptors (Lipinski definition) is 2. The predicted molar refractivity (Wildman–Crippen MR) is 93.7 cm³/mol. The van der Waals surface area contributed by atoms with Crippen molar-refractivity contribution >= 4 is 17.5 Å². The topological polar surface area (TPSA) is 53.9 Å². The van der Waals surface area contributed by atoms with Crippen molar-refractivity contribution in [2.75, 3.05) is 38.0 Å². The number of anilines is 1. The average Bonchev–Trinajstić information content (AvgIpc) is 3.10. The second-order valence-electron chi connectivity index (χ2n) is 6.83. The molecular weight excluding hydrogens is 321 g/mol. The van der Waals surface area contributed by atoms with E-state index in [1.54, 1.807) is 12.1 Å². The minimum atomic E-state index is -0.322. The number of piperazine rings is 1. The summed E-state index contributed by atoms with van der Waals surface area (Å²) in [6.45, 7) is 3.33. The maximum Gasteiger partial charge on any atom is 0.279 e. The van der Waals surface area contributed by atoms with E-state index in [4.69, 9.17) is 0 Å². The molecule has 0 aromatic heterocycles. The van der Waals surface area contributed by atoms with E-state index in [0.29, 0.717) is 37.7 Å². The van der Waals surface area contributed by atoms with E-state index in [0.717, 1.165) is 25.9 Å². The smallest absolute Gasteiger partial charge is 0.279 e. The van der Waals surface area contributed by atoms with Crippen LogP contribution in [0.1, 0.15) is 19.3 Å². The van der Waals surface area contributed by atoms with Gasteiger partial charge in [-0.2, -0.15) is 0 Å². The SMILES string of the molecule is O=C(C[NH+]1CCN(C(=O)C[C@H]2C=CCC2)CC1)Nc1ccc(F)cc1. The standard InChI is InChI=1S/C19H24FN3O2/c20-16-5-7-17(8-6-16)21-18(24)14-22-9-11-23(12-10-22)19(25)13-15-3-1-2-4-15/h1,3,5-8,15H,2,4,9-14H2,(H,21,24)/p+1/t15-/m0/s1. The second kappa shape index (κ2) is 8.25. The van der Waals surface area contributed by atoms with Gasteiger partial charge >= 0.3 is 0 Å². The lowest BCUT2D eigenvalue weighted by Crippen LogP contribution is -3.15. The van der Waals surface area contributed by atoms with E-state index in [2.05, 4.69) is 17.5 Å². The third-order valence-corrected chi connectivity index (χ3v) is 4.91. The Labute approximate surface area is 147 Å². The fourth-order valence-corrected chi connectivity index (χ4v) is 3.43. The zero-order valence-corrected chi connectivity index (χ0v) is 14.3. The number of hydrogen-bond donors (Lipinski definition) is 2. The maximum atomic E-state index is 12.9. The van der Waals surface area contributed by atoms with Crippen LogP contribution in [0.3, 0.4) is 0 Å². The molecule has 1 aliphatic carbocycles. The quantitative estimate of drug-likeness (QED) is 0.777. The molecular formula is C19H25FN3O2+. The number of quaternary nitrogens is 1. The van der Waals surface area contributed by atoms with Crippen molar-refractivity contribution in [3.63, 3.8) is 0 Å². The monoisotopic (exact) mass is 346 g/mol. The Morgan fingerprint density at radius 3 is 2.56 bits per heavy atom. The molecule has 1 saturated heterocycles. The zero-order chi connectivity index (χ0) is 17.6. The van der Waals surface area contributed by atoms with Crippen molar-refractivity contribution in [3.05, 3.63) is 42.2 Å². The third-order valence-electron chi connectivity index (χ3n) is 4.91. The molecule has 1 aromatic carbocycles. The Balaban J connectivity index is 1.39.